The first-order chi connectivity index (χ1) is 15.8. The van der Waals surface area contributed by atoms with Crippen LogP contribution in [0.3, 0.4) is 0 Å². The fourth-order valence-corrected chi connectivity index (χ4v) is 4.00. The first kappa shape index (κ1) is 22.3. The van der Waals surface area contributed by atoms with E-state index in [4.69, 9.17) is 4.74 Å². The van der Waals surface area contributed by atoms with Crippen LogP contribution in [0.15, 0.2) is 72.4 Å². The molecule has 4 rings (SSSR count). The summed E-state index contributed by atoms with van der Waals surface area (Å²) in [6.07, 6.45) is 0. The molecule has 1 aliphatic heterocycles. The lowest BCUT2D eigenvalue weighted by molar-refractivity contribution is -0.137. The van der Waals surface area contributed by atoms with Crippen molar-refractivity contribution in [2.45, 2.75) is 27.7 Å². The molecule has 5 nitrogen and oxygen atoms in total. The van der Waals surface area contributed by atoms with Gasteiger partial charge in [0.1, 0.15) is 18.1 Å². The van der Waals surface area contributed by atoms with Gasteiger partial charge in [0.15, 0.2) is 0 Å². The molecule has 0 spiro atoms. The Morgan fingerprint density at radius 2 is 1.45 bits per heavy atom. The summed E-state index contributed by atoms with van der Waals surface area (Å²) < 4.78 is 5.87. The third kappa shape index (κ3) is 4.82. The van der Waals surface area contributed by atoms with E-state index < -0.39 is 0 Å². The minimum Gasteiger partial charge on any atom is -0.492 e. The van der Waals surface area contributed by atoms with Gasteiger partial charge in [0.05, 0.1) is 12.1 Å². The summed E-state index contributed by atoms with van der Waals surface area (Å²) in [6.45, 7) is 8.36. The van der Waals surface area contributed by atoms with E-state index in [0.717, 1.165) is 33.7 Å². The van der Waals surface area contributed by atoms with Crippen LogP contribution in [0.4, 0.5) is 5.69 Å². The first-order valence-corrected chi connectivity index (χ1v) is 11.0. The zero-order chi connectivity index (χ0) is 23.5. The summed E-state index contributed by atoms with van der Waals surface area (Å²) in [4.78, 5) is 28.0. The summed E-state index contributed by atoms with van der Waals surface area (Å²) in [5.41, 5.74) is 6.48. The second-order valence-corrected chi connectivity index (χ2v) is 8.49. The van der Waals surface area contributed by atoms with Crippen LogP contribution < -0.4 is 10.1 Å². The normalized spacial score (nSPS) is 13.6. The number of amides is 2. The number of rotatable bonds is 7. The molecule has 0 atom stereocenters. The molecule has 168 valence electrons. The van der Waals surface area contributed by atoms with Crippen LogP contribution in [0.2, 0.25) is 0 Å². The highest BCUT2D eigenvalue weighted by atomic mass is 16.5. The zero-order valence-corrected chi connectivity index (χ0v) is 19.4. The number of hydrogen-bond donors (Lipinski definition) is 1. The largest absolute Gasteiger partial charge is 0.492 e. The van der Waals surface area contributed by atoms with Crippen molar-refractivity contribution >= 4 is 23.1 Å². The van der Waals surface area contributed by atoms with E-state index in [1.165, 1.54) is 4.90 Å². The molecule has 1 heterocycles. The van der Waals surface area contributed by atoms with Crippen molar-refractivity contribution in [2.24, 2.45) is 0 Å². The predicted molar refractivity (Wildman–Crippen MR) is 131 cm³/mol. The summed E-state index contributed by atoms with van der Waals surface area (Å²) in [6, 6.07) is 21.3. The number of aryl methyl sites for hydroxylation is 4. The molecular weight excluding hydrogens is 412 g/mol. The third-order valence-electron chi connectivity index (χ3n) is 5.69. The fraction of sp³-hybridized carbons (Fsp3) is 0.214. The number of carbonyl (C=O) groups is 2. The van der Waals surface area contributed by atoms with E-state index in [-0.39, 0.29) is 25.0 Å². The maximum Gasteiger partial charge on any atom is 0.278 e. The number of para-hydroxylation sites is 1. The Balaban J connectivity index is 1.60. The Bertz CT molecular complexity index is 1220. The predicted octanol–water partition coefficient (Wildman–Crippen LogP) is 5.19. The molecule has 0 unspecified atom stereocenters. The lowest BCUT2D eigenvalue weighted by atomic mass is 10.0. The quantitative estimate of drug-likeness (QED) is 0.514. The van der Waals surface area contributed by atoms with Crippen molar-refractivity contribution in [3.8, 4) is 5.75 Å². The maximum absolute atomic E-state index is 13.4. The molecule has 0 aromatic heterocycles. The Morgan fingerprint density at radius 3 is 2.12 bits per heavy atom. The average Bonchev–Trinajstić information content (AvgIpc) is 2.99. The Hall–Kier alpha value is -3.86. The van der Waals surface area contributed by atoms with Gasteiger partial charge >= 0.3 is 0 Å². The van der Waals surface area contributed by atoms with Crippen molar-refractivity contribution in [3.05, 3.63) is 100 Å². The van der Waals surface area contributed by atoms with Crippen LogP contribution in [0, 0.1) is 27.7 Å². The average molecular weight is 441 g/mol. The van der Waals surface area contributed by atoms with Gasteiger partial charge in [-0.1, -0.05) is 54.1 Å². The monoisotopic (exact) mass is 440 g/mol. The molecule has 1 N–H and O–H groups in total. The standard InChI is InChI=1S/C28H28N2O3/c1-18-9-11-22(12-10-18)25-26(29-24-8-6-5-7-21(24)4)28(32)30(27(25)31)13-14-33-23-16-19(2)15-20(3)17-23/h5-12,15-17,29H,13-14H2,1-4H3. The van der Waals surface area contributed by atoms with Crippen LogP contribution in [0.5, 0.6) is 5.75 Å². The molecule has 0 radical (unpaired) electrons. The molecule has 2 amide bonds. The van der Waals surface area contributed by atoms with Crippen LogP contribution in [-0.2, 0) is 9.59 Å². The zero-order valence-electron chi connectivity index (χ0n) is 19.4. The molecule has 3 aromatic rings. The van der Waals surface area contributed by atoms with Gasteiger partial charge < -0.3 is 10.1 Å². The smallest absolute Gasteiger partial charge is 0.278 e. The highest BCUT2D eigenvalue weighted by Crippen LogP contribution is 2.31. The number of nitrogens with zero attached hydrogens (tertiary/aromatic N) is 1. The Morgan fingerprint density at radius 1 is 0.788 bits per heavy atom. The Kier molecular flexibility index (Phi) is 6.31. The van der Waals surface area contributed by atoms with Gasteiger partial charge in [-0.25, -0.2) is 0 Å². The SMILES string of the molecule is Cc1ccc(C2=C(Nc3ccccc3C)C(=O)N(CCOc3cc(C)cc(C)c3)C2=O)cc1. The molecule has 0 saturated carbocycles. The van der Waals surface area contributed by atoms with Crippen molar-refractivity contribution in [2.75, 3.05) is 18.5 Å². The van der Waals surface area contributed by atoms with Crippen LogP contribution >= 0.6 is 0 Å². The lowest BCUT2D eigenvalue weighted by Crippen LogP contribution is -2.36. The molecule has 0 fully saturated rings. The first-order valence-electron chi connectivity index (χ1n) is 11.0. The highest BCUT2D eigenvalue weighted by Gasteiger charge is 2.39. The van der Waals surface area contributed by atoms with Gasteiger partial charge in [0, 0.05) is 5.69 Å². The van der Waals surface area contributed by atoms with Gasteiger partial charge in [0.2, 0.25) is 0 Å². The second kappa shape index (κ2) is 9.33. The van der Waals surface area contributed by atoms with Crippen molar-refractivity contribution in [1.82, 2.24) is 4.90 Å². The van der Waals surface area contributed by atoms with Crippen molar-refractivity contribution < 1.29 is 14.3 Å². The van der Waals surface area contributed by atoms with E-state index >= 15 is 0 Å². The van der Waals surface area contributed by atoms with Gasteiger partial charge in [0.25, 0.3) is 11.8 Å². The number of hydrogen-bond acceptors (Lipinski definition) is 4. The number of benzene rings is 3. The van der Waals surface area contributed by atoms with Crippen LogP contribution in [0.1, 0.15) is 27.8 Å². The minimum absolute atomic E-state index is 0.166. The topological polar surface area (TPSA) is 58.6 Å². The molecule has 0 aliphatic carbocycles. The molecule has 33 heavy (non-hydrogen) atoms. The number of ether oxygens (including phenoxy) is 1. The molecule has 5 heteroatoms. The lowest BCUT2D eigenvalue weighted by Gasteiger charge is -2.16. The summed E-state index contributed by atoms with van der Waals surface area (Å²) in [7, 11) is 0. The van der Waals surface area contributed by atoms with E-state index in [2.05, 4.69) is 11.4 Å². The van der Waals surface area contributed by atoms with Crippen LogP contribution in [-0.4, -0.2) is 29.9 Å². The number of imide groups is 1. The van der Waals surface area contributed by atoms with E-state index in [9.17, 15) is 9.59 Å². The van der Waals surface area contributed by atoms with Gasteiger partial charge in [-0.3, -0.25) is 14.5 Å². The molecule has 1 aliphatic rings. The second-order valence-electron chi connectivity index (χ2n) is 8.49. The minimum atomic E-state index is -0.345. The highest BCUT2D eigenvalue weighted by molar-refractivity contribution is 6.36. The summed E-state index contributed by atoms with van der Waals surface area (Å²) in [5, 5.41) is 3.23. The van der Waals surface area contributed by atoms with E-state index in [1.807, 2.05) is 88.4 Å². The number of nitrogens with one attached hydrogen (secondary N) is 1. The molecule has 0 bridgehead atoms. The molecular formula is C28H28N2O3. The van der Waals surface area contributed by atoms with Gasteiger partial charge in [-0.15, -0.1) is 0 Å². The number of carbonyl (C=O) groups excluding carboxylic acids is 2. The summed E-state index contributed by atoms with van der Waals surface area (Å²) >= 11 is 0. The van der Waals surface area contributed by atoms with Crippen molar-refractivity contribution in [3.63, 3.8) is 0 Å². The summed E-state index contributed by atoms with van der Waals surface area (Å²) in [5.74, 6) is 0.0726. The Labute approximate surface area is 194 Å². The maximum atomic E-state index is 13.4. The van der Waals surface area contributed by atoms with Gasteiger partial charge in [-0.05, 0) is 68.1 Å². The third-order valence-corrected chi connectivity index (χ3v) is 5.69. The van der Waals surface area contributed by atoms with Gasteiger partial charge in [-0.2, -0.15) is 0 Å². The van der Waals surface area contributed by atoms with E-state index in [0.29, 0.717) is 16.8 Å². The fourth-order valence-electron chi connectivity index (χ4n) is 4.00. The molecule has 0 saturated heterocycles. The van der Waals surface area contributed by atoms with Crippen molar-refractivity contribution in [1.29, 1.82) is 0 Å². The van der Waals surface area contributed by atoms with E-state index in [1.54, 1.807) is 0 Å². The number of anilines is 1. The molecule has 3 aromatic carbocycles. The van der Waals surface area contributed by atoms with Crippen LogP contribution in [0.25, 0.3) is 5.57 Å².